The van der Waals surface area contributed by atoms with E-state index in [2.05, 4.69) is 5.32 Å². The van der Waals surface area contributed by atoms with E-state index in [1.165, 1.54) is 6.92 Å². The summed E-state index contributed by atoms with van der Waals surface area (Å²) in [5.41, 5.74) is 9.28. The minimum atomic E-state index is -0.0614. The molecule has 0 saturated heterocycles. The molecule has 19 heavy (non-hydrogen) atoms. The molecule has 3 heteroatoms. The van der Waals surface area contributed by atoms with Crippen LogP contribution in [0.25, 0.3) is 0 Å². The Morgan fingerprint density at radius 2 is 1.74 bits per heavy atom. The average Bonchev–Trinajstić information content (AvgIpc) is 2.41. The predicted molar refractivity (Wildman–Crippen MR) is 77.8 cm³/mol. The average molecular weight is 254 g/mol. The van der Waals surface area contributed by atoms with Crippen molar-refractivity contribution in [2.75, 3.05) is 5.32 Å². The van der Waals surface area contributed by atoms with E-state index in [9.17, 15) is 4.79 Å². The van der Waals surface area contributed by atoms with E-state index in [4.69, 9.17) is 5.73 Å². The number of hydrogen-bond donors (Lipinski definition) is 2. The summed E-state index contributed by atoms with van der Waals surface area (Å²) in [7, 11) is 0. The fraction of sp³-hybridized carbons (Fsp3) is 0.188. The summed E-state index contributed by atoms with van der Waals surface area (Å²) in [5, 5.41) is 2.75. The Morgan fingerprint density at radius 1 is 1.11 bits per heavy atom. The lowest BCUT2D eigenvalue weighted by atomic mass is 10.00. The fourth-order valence-corrected chi connectivity index (χ4v) is 2.00. The first-order chi connectivity index (χ1) is 9.15. The zero-order valence-electron chi connectivity index (χ0n) is 11.0. The topological polar surface area (TPSA) is 55.1 Å². The maximum Gasteiger partial charge on any atom is 0.221 e. The molecule has 2 aromatic carbocycles. The summed E-state index contributed by atoms with van der Waals surface area (Å²) < 4.78 is 0. The van der Waals surface area contributed by atoms with E-state index >= 15 is 0 Å². The molecule has 98 valence electrons. The van der Waals surface area contributed by atoms with Gasteiger partial charge in [-0.05, 0) is 29.7 Å². The standard InChI is InChI=1S/C16H18N2O/c1-12(19)18-15-9-7-13(8-10-15)11-16(17)14-5-3-2-4-6-14/h2-10,16H,11,17H2,1H3,(H,18,19). The van der Waals surface area contributed by atoms with Gasteiger partial charge in [0.1, 0.15) is 0 Å². The quantitative estimate of drug-likeness (QED) is 0.881. The van der Waals surface area contributed by atoms with Gasteiger partial charge in [0, 0.05) is 18.7 Å². The maximum absolute atomic E-state index is 10.9. The summed E-state index contributed by atoms with van der Waals surface area (Å²) in [5.74, 6) is -0.0614. The van der Waals surface area contributed by atoms with E-state index in [1.807, 2.05) is 54.6 Å². The monoisotopic (exact) mass is 254 g/mol. The van der Waals surface area contributed by atoms with Gasteiger partial charge in [-0.25, -0.2) is 0 Å². The van der Waals surface area contributed by atoms with Crippen LogP contribution in [0.15, 0.2) is 54.6 Å². The number of carbonyl (C=O) groups excluding carboxylic acids is 1. The molecule has 0 spiro atoms. The third-order valence-corrected chi connectivity index (χ3v) is 2.96. The van der Waals surface area contributed by atoms with Crippen molar-refractivity contribution in [1.29, 1.82) is 0 Å². The van der Waals surface area contributed by atoms with Crippen LogP contribution in [-0.2, 0) is 11.2 Å². The largest absolute Gasteiger partial charge is 0.326 e. The first-order valence-corrected chi connectivity index (χ1v) is 6.32. The van der Waals surface area contributed by atoms with Gasteiger partial charge in [0.25, 0.3) is 0 Å². The molecule has 3 N–H and O–H groups in total. The maximum atomic E-state index is 10.9. The molecule has 0 saturated carbocycles. The number of carbonyl (C=O) groups is 1. The molecule has 0 radical (unpaired) electrons. The van der Waals surface area contributed by atoms with Crippen molar-refractivity contribution in [1.82, 2.24) is 0 Å². The number of amides is 1. The van der Waals surface area contributed by atoms with Crippen LogP contribution in [0.4, 0.5) is 5.69 Å². The minimum Gasteiger partial charge on any atom is -0.326 e. The van der Waals surface area contributed by atoms with E-state index in [1.54, 1.807) is 0 Å². The third kappa shape index (κ3) is 3.93. The highest BCUT2D eigenvalue weighted by atomic mass is 16.1. The summed E-state index contributed by atoms with van der Waals surface area (Å²) >= 11 is 0. The van der Waals surface area contributed by atoms with Crippen molar-refractivity contribution in [2.45, 2.75) is 19.4 Å². The molecule has 0 aliphatic heterocycles. The lowest BCUT2D eigenvalue weighted by Gasteiger charge is -2.12. The molecule has 1 unspecified atom stereocenters. The first kappa shape index (κ1) is 13.3. The van der Waals surface area contributed by atoms with E-state index < -0.39 is 0 Å². The number of rotatable bonds is 4. The molecular weight excluding hydrogens is 236 g/mol. The van der Waals surface area contributed by atoms with Gasteiger partial charge in [-0.1, -0.05) is 42.5 Å². The Balaban J connectivity index is 2.01. The van der Waals surface area contributed by atoms with Crippen molar-refractivity contribution < 1.29 is 4.79 Å². The van der Waals surface area contributed by atoms with Crippen molar-refractivity contribution in [3.8, 4) is 0 Å². The van der Waals surface area contributed by atoms with Crippen LogP contribution < -0.4 is 11.1 Å². The molecule has 3 nitrogen and oxygen atoms in total. The van der Waals surface area contributed by atoms with Crippen LogP contribution >= 0.6 is 0 Å². The Kier molecular flexibility index (Phi) is 4.31. The van der Waals surface area contributed by atoms with Crippen LogP contribution in [0.5, 0.6) is 0 Å². The van der Waals surface area contributed by atoms with Crippen LogP contribution in [-0.4, -0.2) is 5.91 Å². The zero-order valence-corrected chi connectivity index (χ0v) is 11.0. The molecule has 2 rings (SSSR count). The van der Waals surface area contributed by atoms with E-state index in [-0.39, 0.29) is 11.9 Å². The van der Waals surface area contributed by atoms with Crippen molar-refractivity contribution in [3.63, 3.8) is 0 Å². The van der Waals surface area contributed by atoms with Gasteiger partial charge >= 0.3 is 0 Å². The van der Waals surface area contributed by atoms with Gasteiger partial charge in [-0.3, -0.25) is 4.79 Å². The van der Waals surface area contributed by atoms with Gasteiger partial charge in [0.05, 0.1) is 0 Å². The van der Waals surface area contributed by atoms with Crippen LogP contribution in [0.3, 0.4) is 0 Å². The molecule has 1 atom stereocenters. The number of anilines is 1. The Hall–Kier alpha value is -2.13. The highest BCUT2D eigenvalue weighted by Gasteiger charge is 2.06. The molecule has 2 aromatic rings. The van der Waals surface area contributed by atoms with Gasteiger partial charge in [-0.15, -0.1) is 0 Å². The van der Waals surface area contributed by atoms with Crippen molar-refractivity contribution in [3.05, 3.63) is 65.7 Å². The normalized spacial score (nSPS) is 11.9. The molecule has 0 aliphatic carbocycles. The summed E-state index contributed by atoms with van der Waals surface area (Å²) in [4.78, 5) is 10.9. The van der Waals surface area contributed by atoms with Crippen molar-refractivity contribution >= 4 is 11.6 Å². The number of benzene rings is 2. The lowest BCUT2D eigenvalue weighted by molar-refractivity contribution is -0.114. The SMILES string of the molecule is CC(=O)Nc1ccc(CC(N)c2ccccc2)cc1. The molecular formula is C16H18N2O. The highest BCUT2D eigenvalue weighted by molar-refractivity contribution is 5.88. The van der Waals surface area contributed by atoms with Gasteiger partial charge in [0.15, 0.2) is 0 Å². The second-order valence-corrected chi connectivity index (χ2v) is 4.60. The van der Waals surface area contributed by atoms with E-state index in [0.29, 0.717) is 0 Å². The number of nitrogens with two attached hydrogens (primary N) is 1. The van der Waals surface area contributed by atoms with Gasteiger partial charge in [-0.2, -0.15) is 0 Å². The first-order valence-electron chi connectivity index (χ1n) is 6.32. The van der Waals surface area contributed by atoms with Crippen LogP contribution in [0.2, 0.25) is 0 Å². The van der Waals surface area contributed by atoms with Gasteiger partial charge < -0.3 is 11.1 Å². The summed E-state index contributed by atoms with van der Waals surface area (Å²) in [6.45, 7) is 1.50. The molecule has 0 fully saturated rings. The second-order valence-electron chi connectivity index (χ2n) is 4.60. The Morgan fingerprint density at radius 3 is 2.32 bits per heavy atom. The smallest absolute Gasteiger partial charge is 0.221 e. The second kappa shape index (κ2) is 6.16. The van der Waals surface area contributed by atoms with Gasteiger partial charge in [0.2, 0.25) is 5.91 Å². The Bertz CT molecular complexity index is 534. The fourth-order valence-electron chi connectivity index (χ4n) is 2.00. The van der Waals surface area contributed by atoms with E-state index in [0.717, 1.165) is 23.2 Å². The molecule has 0 aliphatic rings. The summed E-state index contributed by atoms with van der Waals surface area (Å²) in [6, 6.07) is 17.8. The molecule has 0 heterocycles. The minimum absolute atomic E-state index is 0.00665. The van der Waals surface area contributed by atoms with Crippen LogP contribution in [0.1, 0.15) is 24.1 Å². The predicted octanol–water partition coefficient (Wildman–Crippen LogP) is 2.89. The molecule has 0 aromatic heterocycles. The number of hydrogen-bond acceptors (Lipinski definition) is 2. The lowest BCUT2D eigenvalue weighted by Crippen LogP contribution is -2.13. The number of nitrogens with one attached hydrogen (secondary N) is 1. The highest BCUT2D eigenvalue weighted by Crippen LogP contribution is 2.17. The zero-order chi connectivity index (χ0) is 13.7. The Labute approximate surface area is 113 Å². The summed E-state index contributed by atoms with van der Waals surface area (Å²) in [6.07, 6.45) is 0.782. The van der Waals surface area contributed by atoms with Crippen molar-refractivity contribution in [2.24, 2.45) is 5.73 Å². The van der Waals surface area contributed by atoms with Crippen LogP contribution in [0, 0.1) is 0 Å². The third-order valence-electron chi connectivity index (χ3n) is 2.96. The molecule has 1 amide bonds. The molecule has 0 bridgehead atoms.